The Hall–Kier alpha value is -2.69. The molecule has 1 aliphatic heterocycles. The maximum Gasteiger partial charge on any atom is 0.251 e. The Labute approximate surface area is 203 Å². The highest BCUT2D eigenvalue weighted by atomic mass is 35.5. The number of benzene rings is 2. The van der Waals surface area contributed by atoms with E-state index in [2.05, 4.69) is 34.7 Å². The Bertz CT molecular complexity index is 1170. The molecule has 2 aromatic rings. The largest absolute Gasteiger partial charge is 0.371 e. The van der Waals surface area contributed by atoms with E-state index in [4.69, 9.17) is 11.6 Å². The Morgan fingerprint density at radius 1 is 1.15 bits per heavy atom. The lowest BCUT2D eigenvalue weighted by molar-refractivity contribution is -0.116. The van der Waals surface area contributed by atoms with Crippen LogP contribution in [0.2, 0.25) is 5.02 Å². The van der Waals surface area contributed by atoms with Crippen LogP contribution in [-0.4, -0.2) is 63.1 Å². The Kier molecular flexibility index (Phi) is 8.51. The van der Waals surface area contributed by atoms with E-state index >= 15 is 0 Å². The molecule has 2 amide bonds. The van der Waals surface area contributed by atoms with Crippen molar-refractivity contribution in [3.63, 3.8) is 0 Å². The zero-order valence-corrected chi connectivity index (χ0v) is 20.6. The number of anilines is 2. The number of likely N-dealkylation sites (N-methyl/N-ethyl adjacent to an activating group) is 1. The van der Waals surface area contributed by atoms with Gasteiger partial charge in [0.1, 0.15) is 11.9 Å². The third kappa shape index (κ3) is 6.68. The van der Waals surface area contributed by atoms with E-state index < -0.39 is 39.1 Å². The first-order chi connectivity index (χ1) is 16.1. The topological polar surface area (TPSA) is 108 Å². The molecule has 0 aliphatic carbocycles. The van der Waals surface area contributed by atoms with Gasteiger partial charge in [0.15, 0.2) is 9.84 Å². The smallest absolute Gasteiger partial charge is 0.251 e. The van der Waals surface area contributed by atoms with E-state index in [9.17, 15) is 22.4 Å². The van der Waals surface area contributed by atoms with Crippen molar-refractivity contribution in [2.75, 3.05) is 42.6 Å². The van der Waals surface area contributed by atoms with E-state index in [1.165, 1.54) is 6.07 Å². The van der Waals surface area contributed by atoms with Gasteiger partial charge in [0, 0.05) is 23.7 Å². The quantitative estimate of drug-likeness (QED) is 0.453. The number of hydrogen-bond donors (Lipinski definition) is 3. The number of sulfone groups is 1. The lowest BCUT2D eigenvalue weighted by atomic mass is 10.1. The predicted octanol–water partition coefficient (Wildman–Crippen LogP) is 2.90. The van der Waals surface area contributed by atoms with Crippen LogP contribution in [0.25, 0.3) is 0 Å². The second-order valence-electron chi connectivity index (χ2n) is 8.02. The van der Waals surface area contributed by atoms with Crippen LogP contribution >= 0.6 is 11.6 Å². The van der Waals surface area contributed by atoms with Gasteiger partial charge in [-0.1, -0.05) is 31.5 Å². The lowest BCUT2D eigenvalue weighted by Gasteiger charge is -2.27. The summed E-state index contributed by atoms with van der Waals surface area (Å²) in [6.07, 6.45) is 0. The van der Waals surface area contributed by atoms with Gasteiger partial charge >= 0.3 is 0 Å². The maximum absolute atomic E-state index is 13.2. The summed E-state index contributed by atoms with van der Waals surface area (Å²) >= 11 is 5.94. The second kappa shape index (κ2) is 11.2. The number of hydrogen-bond acceptors (Lipinski definition) is 6. The highest BCUT2D eigenvalue weighted by Crippen LogP contribution is 2.29. The van der Waals surface area contributed by atoms with Gasteiger partial charge in [-0.2, -0.15) is 0 Å². The fraction of sp³-hybridized carbons (Fsp3) is 0.391. The average Bonchev–Trinajstić information content (AvgIpc) is 2.78. The summed E-state index contributed by atoms with van der Waals surface area (Å²) < 4.78 is 38.6. The first kappa shape index (κ1) is 25.9. The van der Waals surface area contributed by atoms with Crippen molar-refractivity contribution < 1.29 is 22.4 Å². The predicted molar refractivity (Wildman–Crippen MR) is 132 cm³/mol. The zero-order valence-electron chi connectivity index (χ0n) is 19.0. The minimum Gasteiger partial charge on any atom is -0.371 e. The molecule has 0 aromatic heterocycles. The van der Waals surface area contributed by atoms with Crippen LogP contribution in [0.1, 0.15) is 29.8 Å². The molecule has 0 bridgehead atoms. The summed E-state index contributed by atoms with van der Waals surface area (Å²) in [5, 5.41) is 8.47. The second-order valence-corrected chi connectivity index (χ2v) is 10.5. The molecule has 0 saturated heterocycles. The van der Waals surface area contributed by atoms with Crippen LogP contribution in [0, 0.1) is 5.82 Å². The fourth-order valence-corrected chi connectivity index (χ4v) is 5.56. The SMILES string of the molecule is CCN(CC)CCNC(=O)c1ccc2c(c1)NC(=O)C(CS(=O)(=O)Cc1ccc(F)cc1Cl)N2. The summed E-state index contributed by atoms with van der Waals surface area (Å²) in [6.45, 7) is 7.15. The third-order valence-electron chi connectivity index (χ3n) is 5.60. The number of amides is 2. The lowest BCUT2D eigenvalue weighted by Crippen LogP contribution is -2.43. The highest BCUT2D eigenvalue weighted by molar-refractivity contribution is 7.90. The summed E-state index contributed by atoms with van der Waals surface area (Å²) in [5.41, 5.74) is 1.56. The van der Waals surface area contributed by atoms with Crippen LogP contribution in [-0.2, 0) is 20.4 Å². The van der Waals surface area contributed by atoms with E-state index in [0.29, 0.717) is 23.5 Å². The number of fused-ring (bicyclic) bond motifs is 1. The Morgan fingerprint density at radius 2 is 1.88 bits per heavy atom. The molecule has 2 aromatic carbocycles. The standard InChI is InChI=1S/C23H28ClFN4O4S/c1-3-29(4-2)10-9-26-22(30)15-6-8-19-20(11-15)28-23(31)21(27-19)14-34(32,33)13-16-5-7-17(25)12-18(16)24/h5-8,11-12,21,27H,3-4,9-10,13-14H2,1-2H3,(H,26,30)(H,28,31). The summed E-state index contributed by atoms with van der Waals surface area (Å²) in [6, 6.07) is 7.26. The first-order valence-electron chi connectivity index (χ1n) is 11.0. The third-order valence-corrected chi connectivity index (χ3v) is 7.55. The number of carbonyl (C=O) groups excluding carboxylic acids is 2. The van der Waals surface area contributed by atoms with Gasteiger partial charge in [-0.3, -0.25) is 9.59 Å². The molecular formula is C23H28ClFN4O4S. The molecule has 184 valence electrons. The van der Waals surface area contributed by atoms with Crippen molar-refractivity contribution in [3.8, 4) is 0 Å². The van der Waals surface area contributed by atoms with Gasteiger partial charge in [-0.25, -0.2) is 12.8 Å². The van der Waals surface area contributed by atoms with Gasteiger partial charge in [-0.05, 0) is 49.0 Å². The number of nitrogens with one attached hydrogen (secondary N) is 3. The van der Waals surface area contributed by atoms with Gasteiger partial charge < -0.3 is 20.9 Å². The molecule has 1 unspecified atom stereocenters. The molecule has 0 saturated carbocycles. The summed E-state index contributed by atoms with van der Waals surface area (Å²) in [7, 11) is -3.75. The van der Waals surface area contributed by atoms with Crippen LogP contribution in [0.5, 0.6) is 0 Å². The van der Waals surface area contributed by atoms with Crippen molar-refractivity contribution in [2.45, 2.75) is 25.6 Å². The minimum absolute atomic E-state index is 0.0119. The average molecular weight is 511 g/mol. The van der Waals surface area contributed by atoms with Crippen molar-refractivity contribution in [2.24, 2.45) is 0 Å². The Balaban J connectivity index is 1.63. The van der Waals surface area contributed by atoms with Crippen molar-refractivity contribution >= 4 is 44.6 Å². The number of halogens is 2. The molecule has 1 heterocycles. The van der Waals surface area contributed by atoms with Gasteiger partial charge in [0.05, 0.1) is 22.9 Å². The number of carbonyl (C=O) groups is 2. The van der Waals surface area contributed by atoms with Gasteiger partial charge in [0.25, 0.3) is 5.91 Å². The van der Waals surface area contributed by atoms with Crippen molar-refractivity contribution in [3.05, 3.63) is 58.4 Å². The fourth-order valence-electron chi connectivity index (χ4n) is 3.66. The minimum atomic E-state index is -3.75. The number of rotatable bonds is 10. The van der Waals surface area contributed by atoms with E-state index in [1.807, 2.05) is 0 Å². The highest BCUT2D eigenvalue weighted by Gasteiger charge is 2.31. The van der Waals surface area contributed by atoms with Crippen molar-refractivity contribution in [1.29, 1.82) is 0 Å². The molecule has 3 N–H and O–H groups in total. The monoisotopic (exact) mass is 510 g/mol. The first-order valence-corrected chi connectivity index (χ1v) is 13.2. The van der Waals surface area contributed by atoms with E-state index in [0.717, 1.165) is 31.8 Å². The van der Waals surface area contributed by atoms with Crippen LogP contribution in [0.3, 0.4) is 0 Å². The molecule has 0 fully saturated rings. The molecule has 1 atom stereocenters. The molecule has 0 spiro atoms. The summed E-state index contributed by atoms with van der Waals surface area (Å²) in [4.78, 5) is 27.2. The molecular weight excluding hydrogens is 483 g/mol. The Morgan fingerprint density at radius 3 is 2.56 bits per heavy atom. The molecule has 34 heavy (non-hydrogen) atoms. The molecule has 8 nitrogen and oxygen atoms in total. The number of nitrogens with zero attached hydrogens (tertiary/aromatic N) is 1. The zero-order chi connectivity index (χ0) is 24.9. The molecule has 11 heteroatoms. The van der Waals surface area contributed by atoms with E-state index in [-0.39, 0.29) is 16.5 Å². The maximum atomic E-state index is 13.2. The van der Waals surface area contributed by atoms with Gasteiger partial charge in [0.2, 0.25) is 5.91 Å². The normalized spacial score (nSPS) is 15.4. The van der Waals surface area contributed by atoms with E-state index in [1.54, 1.807) is 18.2 Å². The molecule has 1 aliphatic rings. The summed E-state index contributed by atoms with van der Waals surface area (Å²) in [5.74, 6) is -2.24. The molecule has 3 rings (SSSR count). The van der Waals surface area contributed by atoms with Crippen LogP contribution in [0.4, 0.5) is 15.8 Å². The van der Waals surface area contributed by atoms with Crippen molar-refractivity contribution in [1.82, 2.24) is 10.2 Å². The van der Waals surface area contributed by atoms with Crippen LogP contribution < -0.4 is 16.0 Å². The van der Waals surface area contributed by atoms with Gasteiger partial charge in [-0.15, -0.1) is 0 Å². The van der Waals surface area contributed by atoms with Crippen LogP contribution in [0.15, 0.2) is 36.4 Å². The molecule has 0 radical (unpaired) electrons.